The van der Waals surface area contributed by atoms with E-state index in [9.17, 15) is 19.5 Å². The molecule has 0 bridgehead atoms. The number of anilines is 1. The topological polar surface area (TPSA) is 96.4 Å². The number of aryl methyl sites for hydroxylation is 1. The molecule has 4 heterocycles. The Labute approximate surface area is 286 Å². The van der Waals surface area contributed by atoms with E-state index in [0.717, 1.165) is 85.5 Å². The first kappa shape index (κ1) is 34.4. The van der Waals surface area contributed by atoms with Crippen LogP contribution in [0, 0.1) is 17.8 Å². The number of piperidine rings is 3. The van der Waals surface area contributed by atoms with Crippen LogP contribution >= 0.6 is 0 Å². The Kier molecular flexibility index (Phi) is 11.4. The second-order valence-corrected chi connectivity index (χ2v) is 14.7. The van der Waals surface area contributed by atoms with Crippen molar-refractivity contribution in [2.45, 2.75) is 83.8 Å². The molecule has 48 heavy (non-hydrogen) atoms. The Morgan fingerprint density at radius 2 is 1.52 bits per heavy atom. The maximum atomic E-state index is 14.2. The van der Waals surface area contributed by atoms with Crippen LogP contribution in [0.2, 0.25) is 0 Å². The van der Waals surface area contributed by atoms with E-state index in [0.29, 0.717) is 32.0 Å². The van der Waals surface area contributed by atoms with Crippen LogP contribution in [0.15, 0.2) is 42.5 Å². The fraction of sp³-hybridized carbons (Fsp3) is 0.615. The monoisotopic (exact) mass is 657 g/mol. The first-order chi connectivity index (χ1) is 23.3. The highest BCUT2D eigenvalue weighted by atomic mass is 16.3. The van der Waals surface area contributed by atoms with Crippen molar-refractivity contribution in [3.8, 4) is 0 Å². The SMILES string of the molecule is CCc1cc(C[C@@H](CC(=O)N2CCC(N3CCc4ccccc4NC3=O)CC2)C(=O)N2CCC(C3CCN(C)CC3)CC2)ccc1CO. The van der Waals surface area contributed by atoms with Gasteiger partial charge >= 0.3 is 6.03 Å². The Balaban J connectivity index is 1.09. The summed E-state index contributed by atoms with van der Waals surface area (Å²) in [6, 6.07) is 14.1. The fourth-order valence-corrected chi connectivity index (χ4v) is 8.68. The Hall–Kier alpha value is -3.43. The third-order valence-electron chi connectivity index (χ3n) is 11.8. The highest BCUT2D eigenvalue weighted by Crippen LogP contribution is 2.33. The maximum absolute atomic E-state index is 14.2. The summed E-state index contributed by atoms with van der Waals surface area (Å²) in [5.41, 5.74) is 5.09. The summed E-state index contributed by atoms with van der Waals surface area (Å²) in [6.07, 6.45) is 8.41. The molecule has 1 atom stereocenters. The van der Waals surface area contributed by atoms with Crippen LogP contribution in [0.3, 0.4) is 0 Å². The molecule has 2 aromatic rings. The number of aliphatic hydroxyl groups excluding tert-OH is 1. The number of benzene rings is 2. The van der Waals surface area contributed by atoms with Gasteiger partial charge in [0.2, 0.25) is 11.8 Å². The lowest BCUT2D eigenvalue weighted by Crippen LogP contribution is -2.50. The first-order valence-corrected chi connectivity index (χ1v) is 18.4. The number of hydrogen-bond donors (Lipinski definition) is 2. The summed E-state index contributed by atoms with van der Waals surface area (Å²) in [7, 11) is 2.20. The lowest BCUT2D eigenvalue weighted by Gasteiger charge is -2.40. The molecule has 9 heteroatoms. The van der Waals surface area contributed by atoms with Crippen molar-refractivity contribution in [1.29, 1.82) is 0 Å². The number of likely N-dealkylation sites (tertiary alicyclic amines) is 3. The summed E-state index contributed by atoms with van der Waals surface area (Å²) in [6.45, 7) is 7.81. The van der Waals surface area contributed by atoms with Crippen molar-refractivity contribution in [2.75, 3.05) is 58.2 Å². The molecular formula is C39H55N5O4. The number of para-hydroxylation sites is 1. The van der Waals surface area contributed by atoms with Gasteiger partial charge in [-0.1, -0.05) is 43.3 Å². The van der Waals surface area contributed by atoms with Gasteiger partial charge in [-0.3, -0.25) is 9.59 Å². The minimum absolute atomic E-state index is 0.00149. The number of nitrogens with zero attached hydrogens (tertiary/aromatic N) is 4. The summed E-state index contributed by atoms with van der Waals surface area (Å²) in [5, 5.41) is 12.9. The van der Waals surface area contributed by atoms with E-state index >= 15 is 0 Å². The molecule has 3 fully saturated rings. The summed E-state index contributed by atoms with van der Waals surface area (Å²) in [5.74, 6) is 1.15. The van der Waals surface area contributed by atoms with Gasteiger partial charge in [-0.05, 0) is 118 Å². The maximum Gasteiger partial charge on any atom is 0.322 e. The predicted octanol–water partition coefficient (Wildman–Crippen LogP) is 4.95. The van der Waals surface area contributed by atoms with E-state index < -0.39 is 5.92 Å². The largest absolute Gasteiger partial charge is 0.392 e. The quantitative estimate of drug-likeness (QED) is 0.398. The minimum atomic E-state index is -0.422. The van der Waals surface area contributed by atoms with Crippen molar-refractivity contribution in [1.82, 2.24) is 19.6 Å². The molecule has 0 spiro atoms. The molecule has 4 aliphatic rings. The molecule has 2 aromatic carbocycles. The van der Waals surface area contributed by atoms with Gasteiger partial charge in [0.15, 0.2) is 0 Å². The van der Waals surface area contributed by atoms with E-state index in [1.807, 2.05) is 45.0 Å². The summed E-state index contributed by atoms with van der Waals surface area (Å²) in [4.78, 5) is 49.5. The molecular weight excluding hydrogens is 602 g/mol. The molecule has 2 N–H and O–H groups in total. The van der Waals surface area contributed by atoms with Crippen molar-refractivity contribution >= 4 is 23.5 Å². The lowest BCUT2D eigenvalue weighted by molar-refractivity contribution is -0.143. The number of carbonyl (C=O) groups excluding carboxylic acids is 3. The fourth-order valence-electron chi connectivity index (χ4n) is 8.68. The summed E-state index contributed by atoms with van der Waals surface area (Å²) >= 11 is 0. The third-order valence-corrected chi connectivity index (χ3v) is 11.8. The average molecular weight is 658 g/mol. The number of hydrogen-bond acceptors (Lipinski definition) is 5. The zero-order chi connectivity index (χ0) is 33.6. The number of nitrogens with one attached hydrogen (secondary N) is 1. The van der Waals surface area contributed by atoms with E-state index in [-0.39, 0.29) is 36.9 Å². The second-order valence-electron chi connectivity index (χ2n) is 14.7. The van der Waals surface area contributed by atoms with Crippen LogP contribution < -0.4 is 5.32 Å². The van der Waals surface area contributed by atoms with Crippen molar-refractivity contribution in [2.24, 2.45) is 17.8 Å². The summed E-state index contributed by atoms with van der Waals surface area (Å²) < 4.78 is 0. The van der Waals surface area contributed by atoms with Crippen molar-refractivity contribution < 1.29 is 19.5 Å². The number of rotatable bonds is 9. The molecule has 0 unspecified atom stereocenters. The molecule has 0 aliphatic carbocycles. The van der Waals surface area contributed by atoms with Gasteiger partial charge in [-0.2, -0.15) is 0 Å². The van der Waals surface area contributed by atoms with Gasteiger partial charge in [-0.15, -0.1) is 0 Å². The number of amides is 4. The Morgan fingerprint density at radius 1 is 0.854 bits per heavy atom. The van der Waals surface area contributed by atoms with Crippen LogP contribution in [0.5, 0.6) is 0 Å². The highest BCUT2D eigenvalue weighted by Gasteiger charge is 2.36. The van der Waals surface area contributed by atoms with Crippen LogP contribution in [0.4, 0.5) is 10.5 Å². The molecule has 0 radical (unpaired) electrons. The highest BCUT2D eigenvalue weighted by molar-refractivity contribution is 5.91. The molecule has 0 aromatic heterocycles. The van der Waals surface area contributed by atoms with Crippen LogP contribution in [-0.4, -0.2) is 101 Å². The zero-order valence-corrected chi connectivity index (χ0v) is 29.0. The Morgan fingerprint density at radius 3 is 2.21 bits per heavy atom. The second kappa shape index (κ2) is 15.9. The van der Waals surface area contributed by atoms with Crippen molar-refractivity contribution in [3.05, 3.63) is 64.7 Å². The standard InChI is InChI=1S/C39H55N5O4/c1-3-29-24-28(8-9-33(29)27-45)25-34(38(47)43-19-12-31(13-20-43)30-10-17-41(2)18-11-30)26-37(46)42-21-15-35(16-22-42)44-23-14-32-6-4-5-7-36(32)40-39(44)48/h4-9,24,30-31,34-35,45H,3,10-23,25-27H2,1-2H3,(H,40,48)/t34-/m0/s1. The molecule has 3 saturated heterocycles. The van der Waals surface area contributed by atoms with E-state index in [2.05, 4.69) is 36.3 Å². The lowest BCUT2D eigenvalue weighted by atomic mass is 9.78. The van der Waals surface area contributed by atoms with E-state index in [1.165, 1.54) is 25.9 Å². The number of fused-ring (bicyclic) bond motifs is 1. The smallest absolute Gasteiger partial charge is 0.322 e. The van der Waals surface area contributed by atoms with Crippen LogP contribution in [0.25, 0.3) is 0 Å². The molecule has 4 amide bonds. The van der Waals surface area contributed by atoms with Gasteiger partial charge in [0.25, 0.3) is 0 Å². The average Bonchev–Trinajstić information content (AvgIpc) is 3.29. The molecule has 4 aliphatic heterocycles. The number of carbonyl (C=O) groups is 3. The van der Waals surface area contributed by atoms with E-state index in [4.69, 9.17) is 0 Å². The molecule has 9 nitrogen and oxygen atoms in total. The predicted molar refractivity (Wildman–Crippen MR) is 189 cm³/mol. The third kappa shape index (κ3) is 8.05. The van der Waals surface area contributed by atoms with Gasteiger partial charge in [0, 0.05) is 50.9 Å². The Bertz CT molecular complexity index is 1420. The van der Waals surface area contributed by atoms with Crippen molar-refractivity contribution in [3.63, 3.8) is 0 Å². The van der Waals surface area contributed by atoms with Crippen LogP contribution in [0.1, 0.15) is 74.1 Å². The molecule has 260 valence electrons. The minimum Gasteiger partial charge on any atom is -0.392 e. The number of urea groups is 1. The number of aliphatic hydroxyl groups is 1. The first-order valence-electron chi connectivity index (χ1n) is 18.4. The molecule has 6 rings (SSSR count). The van der Waals surface area contributed by atoms with Crippen LogP contribution in [-0.2, 0) is 35.5 Å². The van der Waals surface area contributed by atoms with Gasteiger partial charge in [-0.25, -0.2) is 4.79 Å². The van der Waals surface area contributed by atoms with Gasteiger partial charge in [0.05, 0.1) is 12.5 Å². The van der Waals surface area contributed by atoms with E-state index in [1.54, 1.807) is 0 Å². The molecule has 0 saturated carbocycles. The zero-order valence-electron chi connectivity index (χ0n) is 29.0. The van der Waals surface area contributed by atoms with Gasteiger partial charge < -0.3 is 30.0 Å². The normalized spacial score (nSPS) is 21.1. The van der Waals surface area contributed by atoms with Gasteiger partial charge in [0.1, 0.15) is 0 Å².